The van der Waals surface area contributed by atoms with E-state index in [9.17, 15) is 13.2 Å². The molecule has 1 aromatic rings. The third kappa shape index (κ3) is 2.49. The predicted molar refractivity (Wildman–Crippen MR) is 51.8 cm³/mol. The van der Waals surface area contributed by atoms with Crippen molar-refractivity contribution in [1.29, 1.82) is 5.26 Å². The van der Waals surface area contributed by atoms with Crippen molar-refractivity contribution in [3.8, 4) is 6.07 Å². The number of nitrogens with two attached hydrogens (primary N) is 1. The van der Waals surface area contributed by atoms with E-state index in [0.29, 0.717) is 0 Å². The van der Waals surface area contributed by atoms with E-state index < -0.39 is 11.7 Å². The fourth-order valence-electron chi connectivity index (χ4n) is 1.10. The van der Waals surface area contributed by atoms with Gasteiger partial charge in [0.05, 0.1) is 17.2 Å². The van der Waals surface area contributed by atoms with Crippen LogP contribution in [0.1, 0.15) is 16.7 Å². The molecule has 0 bridgehead atoms. The minimum Gasteiger partial charge on any atom is -0.326 e. The van der Waals surface area contributed by atoms with Crippen LogP contribution in [0.5, 0.6) is 0 Å². The van der Waals surface area contributed by atoms with E-state index in [2.05, 4.69) is 15.9 Å². The minimum atomic E-state index is -4.49. The number of rotatable bonds is 1. The maximum absolute atomic E-state index is 12.5. The van der Waals surface area contributed by atoms with Crippen molar-refractivity contribution in [2.24, 2.45) is 5.73 Å². The van der Waals surface area contributed by atoms with E-state index in [4.69, 9.17) is 11.0 Å². The van der Waals surface area contributed by atoms with Gasteiger partial charge in [0.2, 0.25) is 0 Å². The van der Waals surface area contributed by atoms with Crippen LogP contribution in [-0.4, -0.2) is 0 Å². The molecule has 0 unspecified atom stereocenters. The van der Waals surface area contributed by atoms with Crippen molar-refractivity contribution in [2.75, 3.05) is 0 Å². The SMILES string of the molecule is N#Cc1cc(CN)c(Br)c(C(F)(F)F)c1. The van der Waals surface area contributed by atoms with Crippen LogP contribution in [0.15, 0.2) is 16.6 Å². The molecule has 6 heteroatoms. The summed E-state index contributed by atoms with van der Waals surface area (Å²) in [7, 11) is 0. The summed E-state index contributed by atoms with van der Waals surface area (Å²) in [6.45, 7) is -0.0564. The fraction of sp³-hybridized carbons (Fsp3) is 0.222. The second kappa shape index (κ2) is 4.21. The standard InChI is InChI=1S/C9H6BrF3N2/c10-8-6(4-15)1-5(3-14)2-7(8)9(11,12)13/h1-2H,4,15H2. The number of benzene rings is 1. The van der Waals surface area contributed by atoms with Crippen molar-refractivity contribution < 1.29 is 13.2 Å². The topological polar surface area (TPSA) is 49.8 Å². The van der Waals surface area contributed by atoms with E-state index in [-0.39, 0.29) is 22.1 Å². The van der Waals surface area contributed by atoms with Gasteiger partial charge in [0.1, 0.15) is 0 Å². The lowest BCUT2D eigenvalue weighted by molar-refractivity contribution is -0.138. The van der Waals surface area contributed by atoms with Crippen LogP contribution in [0.4, 0.5) is 13.2 Å². The van der Waals surface area contributed by atoms with Gasteiger partial charge in [-0.2, -0.15) is 18.4 Å². The molecule has 0 radical (unpaired) electrons. The van der Waals surface area contributed by atoms with Crippen molar-refractivity contribution in [1.82, 2.24) is 0 Å². The fourth-order valence-corrected chi connectivity index (χ4v) is 1.72. The summed E-state index contributed by atoms with van der Waals surface area (Å²) in [5.41, 5.74) is 4.62. The average Bonchev–Trinajstić information content (AvgIpc) is 2.16. The minimum absolute atomic E-state index is 0.0500. The van der Waals surface area contributed by atoms with Gasteiger partial charge >= 0.3 is 6.18 Å². The van der Waals surface area contributed by atoms with Gasteiger partial charge < -0.3 is 5.73 Å². The number of nitriles is 1. The molecule has 0 aliphatic carbocycles. The highest BCUT2D eigenvalue weighted by molar-refractivity contribution is 9.10. The lowest BCUT2D eigenvalue weighted by Crippen LogP contribution is -2.10. The molecule has 0 spiro atoms. The average molecular weight is 279 g/mol. The molecule has 1 rings (SSSR count). The summed E-state index contributed by atoms with van der Waals surface area (Å²) >= 11 is 2.83. The summed E-state index contributed by atoms with van der Waals surface area (Å²) in [6.07, 6.45) is -4.49. The molecular formula is C9H6BrF3N2. The Balaban J connectivity index is 3.46. The molecule has 0 saturated heterocycles. The van der Waals surface area contributed by atoms with Gasteiger partial charge in [-0.15, -0.1) is 0 Å². The molecule has 0 atom stereocenters. The number of hydrogen-bond donors (Lipinski definition) is 1. The maximum atomic E-state index is 12.5. The first kappa shape index (κ1) is 12.0. The van der Waals surface area contributed by atoms with Gasteiger partial charge in [0.15, 0.2) is 0 Å². The summed E-state index contributed by atoms with van der Waals surface area (Å²) in [5, 5.41) is 8.57. The van der Waals surface area contributed by atoms with E-state index in [1.54, 1.807) is 6.07 Å². The Kier molecular flexibility index (Phi) is 3.37. The van der Waals surface area contributed by atoms with Crippen molar-refractivity contribution in [3.63, 3.8) is 0 Å². The molecule has 2 N–H and O–H groups in total. The molecule has 15 heavy (non-hydrogen) atoms. The third-order valence-corrected chi connectivity index (χ3v) is 2.74. The van der Waals surface area contributed by atoms with E-state index >= 15 is 0 Å². The van der Waals surface area contributed by atoms with Crippen molar-refractivity contribution in [3.05, 3.63) is 33.3 Å². The molecule has 0 amide bonds. The van der Waals surface area contributed by atoms with E-state index in [1.807, 2.05) is 0 Å². The van der Waals surface area contributed by atoms with Crippen molar-refractivity contribution >= 4 is 15.9 Å². The number of nitrogens with zero attached hydrogens (tertiary/aromatic N) is 1. The molecule has 0 fully saturated rings. The largest absolute Gasteiger partial charge is 0.417 e. The van der Waals surface area contributed by atoms with Crippen LogP contribution in [0.3, 0.4) is 0 Å². The number of alkyl halides is 3. The number of hydrogen-bond acceptors (Lipinski definition) is 2. The Morgan fingerprint density at radius 3 is 2.40 bits per heavy atom. The van der Waals surface area contributed by atoms with Gasteiger partial charge in [-0.1, -0.05) is 0 Å². The highest BCUT2D eigenvalue weighted by atomic mass is 79.9. The molecule has 1 aromatic carbocycles. The second-order valence-corrected chi connectivity index (χ2v) is 3.60. The lowest BCUT2D eigenvalue weighted by atomic mass is 10.1. The highest BCUT2D eigenvalue weighted by Crippen LogP contribution is 2.37. The maximum Gasteiger partial charge on any atom is 0.417 e. The number of halogens is 4. The molecule has 0 aromatic heterocycles. The van der Waals surface area contributed by atoms with Crippen LogP contribution in [0.25, 0.3) is 0 Å². The van der Waals surface area contributed by atoms with E-state index in [1.165, 1.54) is 6.07 Å². The quantitative estimate of drug-likeness (QED) is 0.859. The molecule has 0 aliphatic rings. The highest BCUT2D eigenvalue weighted by Gasteiger charge is 2.34. The Labute approximate surface area is 92.6 Å². The molecular weight excluding hydrogens is 273 g/mol. The van der Waals surface area contributed by atoms with Crippen LogP contribution in [0, 0.1) is 11.3 Å². The lowest BCUT2D eigenvalue weighted by Gasteiger charge is -2.12. The molecule has 80 valence electrons. The first-order chi connectivity index (χ1) is 6.90. The second-order valence-electron chi connectivity index (χ2n) is 2.81. The van der Waals surface area contributed by atoms with Gasteiger partial charge in [-0.3, -0.25) is 0 Å². The normalized spacial score (nSPS) is 11.2. The van der Waals surface area contributed by atoms with Crippen LogP contribution >= 0.6 is 15.9 Å². The monoisotopic (exact) mass is 278 g/mol. The molecule has 2 nitrogen and oxygen atoms in total. The summed E-state index contributed by atoms with van der Waals surface area (Å²) in [5.74, 6) is 0. The van der Waals surface area contributed by atoms with Crippen LogP contribution < -0.4 is 5.73 Å². The molecule has 0 aliphatic heterocycles. The zero-order chi connectivity index (χ0) is 11.6. The van der Waals surface area contributed by atoms with Crippen LogP contribution in [-0.2, 0) is 12.7 Å². The summed E-state index contributed by atoms with van der Waals surface area (Å²) in [6, 6.07) is 3.79. The van der Waals surface area contributed by atoms with Gasteiger partial charge in [0.25, 0.3) is 0 Å². The summed E-state index contributed by atoms with van der Waals surface area (Å²) < 4.78 is 37.4. The predicted octanol–water partition coefficient (Wildman–Crippen LogP) is 2.80. The van der Waals surface area contributed by atoms with E-state index in [0.717, 1.165) is 6.07 Å². The Bertz CT molecular complexity index is 421. The Morgan fingerprint density at radius 2 is 2.00 bits per heavy atom. The van der Waals surface area contributed by atoms with Gasteiger partial charge in [-0.25, -0.2) is 0 Å². The van der Waals surface area contributed by atoms with Crippen LogP contribution in [0.2, 0.25) is 0 Å². The zero-order valence-corrected chi connectivity index (χ0v) is 8.98. The first-order valence-electron chi connectivity index (χ1n) is 3.90. The Morgan fingerprint density at radius 1 is 1.40 bits per heavy atom. The molecule has 0 saturated carbocycles. The molecule has 0 heterocycles. The zero-order valence-electron chi connectivity index (χ0n) is 7.40. The first-order valence-corrected chi connectivity index (χ1v) is 4.69. The summed E-state index contributed by atoms with van der Waals surface area (Å²) in [4.78, 5) is 0. The van der Waals surface area contributed by atoms with Crippen molar-refractivity contribution in [2.45, 2.75) is 12.7 Å². The Hall–Kier alpha value is -1.06. The smallest absolute Gasteiger partial charge is 0.326 e. The third-order valence-electron chi connectivity index (χ3n) is 1.80. The van der Waals surface area contributed by atoms with Gasteiger partial charge in [0, 0.05) is 11.0 Å². The van der Waals surface area contributed by atoms with Gasteiger partial charge in [-0.05, 0) is 33.6 Å².